The second kappa shape index (κ2) is 4.37. The summed E-state index contributed by atoms with van der Waals surface area (Å²) in [5.74, 6) is -0.374. The standard InChI is InChI=1S/C11H13ClFNO/c12-7-4-5-9(8(13)6-7)14-10-2-1-3-11(10)15/h4-6,10-11,14-15H,1-3H2/t10-,11-/m1/s1. The van der Waals surface area contributed by atoms with Crippen molar-refractivity contribution in [3.8, 4) is 0 Å². The number of anilines is 1. The molecule has 0 bridgehead atoms. The van der Waals surface area contributed by atoms with E-state index in [9.17, 15) is 9.50 Å². The van der Waals surface area contributed by atoms with Crippen LogP contribution in [0, 0.1) is 5.82 Å². The minimum Gasteiger partial charge on any atom is -0.391 e. The molecule has 0 aliphatic heterocycles. The maximum Gasteiger partial charge on any atom is 0.147 e. The Labute approximate surface area is 93.1 Å². The van der Waals surface area contributed by atoms with Gasteiger partial charge in [-0.05, 0) is 37.5 Å². The van der Waals surface area contributed by atoms with Crippen molar-refractivity contribution in [3.63, 3.8) is 0 Å². The first-order chi connectivity index (χ1) is 7.16. The highest BCUT2D eigenvalue weighted by molar-refractivity contribution is 6.30. The summed E-state index contributed by atoms with van der Waals surface area (Å²) in [5, 5.41) is 13.0. The Morgan fingerprint density at radius 3 is 2.80 bits per heavy atom. The van der Waals surface area contributed by atoms with Crippen LogP contribution in [0.4, 0.5) is 10.1 Å². The highest BCUT2D eigenvalue weighted by atomic mass is 35.5. The molecule has 1 fully saturated rings. The van der Waals surface area contributed by atoms with Crippen molar-refractivity contribution in [1.29, 1.82) is 0 Å². The number of halogens is 2. The molecule has 0 saturated heterocycles. The number of rotatable bonds is 2. The first-order valence-electron chi connectivity index (χ1n) is 5.06. The summed E-state index contributed by atoms with van der Waals surface area (Å²) in [7, 11) is 0. The number of benzene rings is 1. The van der Waals surface area contributed by atoms with E-state index in [0.717, 1.165) is 19.3 Å². The van der Waals surface area contributed by atoms with E-state index in [-0.39, 0.29) is 18.0 Å². The van der Waals surface area contributed by atoms with Crippen molar-refractivity contribution in [1.82, 2.24) is 0 Å². The zero-order valence-corrected chi connectivity index (χ0v) is 8.97. The van der Waals surface area contributed by atoms with Gasteiger partial charge in [0.25, 0.3) is 0 Å². The Morgan fingerprint density at radius 1 is 1.40 bits per heavy atom. The first kappa shape index (κ1) is 10.7. The molecule has 4 heteroatoms. The van der Waals surface area contributed by atoms with Gasteiger partial charge in [-0.1, -0.05) is 11.6 Å². The lowest BCUT2D eigenvalue weighted by atomic mass is 10.2. The average Bonchev–Trinajstić information content (AvgIpc) is 2.57. The molecule has 2 rings (SSSR count). The largest absolute Gasteiger partial charge is 0.391 e. The zero-order valence-electron chi connectivity index (χ0n) is 8.21. The fraction of sp³-hybridized carbons (Fsp3) is 0.455. The Kier molecular flexibility index (Phi) is 3.12. The molecule has 2 atom stereocenters. The van der Waals surface area contributed by atoms with Crippen molar-refractivity contribution in [3.05, 3.63) is 29.0 Å². The van der Waals surface area contributed by atoms with E-state index in [4.69, 9.17) is 11.6 Å². The molecule has 0 unspecified atom stereocenters. The summed E-state index contributed by atoms with van der Waals surface area (Å²) in [4.78, 5) is 0. The lowest BCUT2D eigenvalue weighted by molar-refractivity contribution is 0.171. The Bertz CT molecular complexity index is 358. The third kappa shape index (κ3) is 2.41. The summed E-state index contributed by atoms with van der Waals surface area (Å²) in [6.07, 6.45) is 2.27. The number of hydrogen-bond acceptors (Lipinski definition) is 2. The van der Waals surface area contributed by atoms with Gasteiger partial charge < -0.3 is 10.4 Å². The monoisotopic (exact) mass is 229 g/mol. The van der Waals surface area contributed by atoms with Gasteiger partial charge in [-0.2, -0.15) is 0 Å². The number of hydrogen-bond donors (Lipinski definition) is 2. The van der Waals surface area contributed by atoms with Gasteiger partial charge in [-0.3, -0.25) is 0 Å². The van der Waals surface area contributed by atoms with Gasteiger partial charge in [0.15, 0.2) is 0 Å². The fourth-order valence-electron chi connectivity index (χ4n) is 1.92. The van der Waals surface area contributed by atoms with Gasteiger partial charge in [-0.25, -0.2) is 4.39 Å². The van der Waals surface area contributed by atoms with Crippen LogP contribution in [0.3, 0.4) is 0 Å². The van der Waals surface area contributed by atoms with Crippen LogP contribution in [0.1, 0.15) is 19.3 Å². The smallest absolute Gasteiger partial charge is 0.147 e. The average molecular weight is 230 g/mol. The number of nitrogens with one attached hydrogen (secondary N) is 1. The summed E-state index contributed by atoms with van der Waals surface area (Å²) in [6, 6.07) is 4.46. The second-order valence-electron chi connectivity index (χ2n) is 3.87. The van der Waals surface area contributed by atoms with Crippen molar-refractivity contribution in [2.45, 2.75) is 31.4 Å². The van der Waals surface area contributed by atoms with Crippen LogP contribution in [0.5, 0.6) is 0 Å². The zero-order chi connectivity index (χ0) is 10.8. The van der Waals surface area contributed by atoms with Gasteiger partial charge in [0.05, 0.1) is 17.8 Å². The van der Waals surface area contributed by atoms with E-state index in [0.29, 0.717) is 10.7 Å². The predicted octanol–water partition coefficient (Wildman–Crippen LogP) is 2.80. The molecule has 1 aromatic carbocycles. The molecule has 2 nitrogen and oxygen atoms in total. The van der Waals surface area contributed by atoms with E-state index in [2.05, 4.69) is 5.32 Å². The van der Waals surface area contributed by atoms with Crippen LogP contribution in [0.2, 0.25) is 5.02 Å². The summed E-state index contributed by atoms with van der Waals surface area (Å²) >= 11 is 5.65. The van der Waals surface area contributed by atoms with Crippen LogP contribution >= 0.6 is 11.6 Å². The fourth-order valence-corrected chi connectivity index (χ4v) is 2.07. The van der Waals surface area contributed by atoms with Gasteiger partial charge >= 0.3 is 0 Å². The van der Waals surface area contributed by atoms with Crippen LogP contribution in [0.25, 0.3) is 0 Å². The SMILES string of the molecule is O[C@@H]1CCC[C@H]1Nc1ccc(Cl)cc1F. The van der Waals surface area contributed by atoms with Crippen molar-refractivity contribution in [2.24, 2.45) is 0 Å². The van der Waals surface area contributed by atoms with Gasteiger partial charge in [0.2, 0.25) is 0 Å². The molecule has 0 heterocycles. The minimum atomic E-state index is -0.375. The Hall–Kier alpha value is -0.800. The van der Waals surface area contributed by atoms with E-state index >= 15 is 0 Å². The lowest BCUT2D eigenvalue weighted by Gasteiger charge is -2.18. The number of aliphatic hydroxyl groups excluding tert-OH is 1. The molecule has 0 amide bonds. The maximum absolute atomic E-state index is 13.4. The van der Waals surface area contributed by atoms with Crippen molar-refractivity contribution in [2.75, 3.05) is 5.32 Å². The maximum atomic E-state index is 13.4. The minimum absolute atomic E-state index is 0.0410. The third-order valence-electron chi connectivity index (χ3n) is 2.75. The van der Waals surface area contributed by atoms with Gasteiger partial charge in [0.1, 0.15) is 5.82 Å². The summed E-state index contributed by atoms with van der Waals surface area (Å²) in [5.41, 5.74) is 0.408. The molecule has 1 aliphatic rings. The van der Waals surface area contributed by atoms with Crippen LogP contribution in [-0.2, 0) is 0 Å². The molecule has 15 heavy (non-hydrogen) atoms. The van der Waals surface area contributed by atoms with Crippen molar-refractivity contribution < 1.29 is 9.50 Å². The molecular weight excluding hydrogens is 217 g/mol. The molecule has 2 N–H and O–H groups in total. The quantitative estimate of drug-likeness (QED) is 0.818. The van der Waals surface area contributed by atoms with E-state index in [1.165, 1.54) is 6.07 Å². The van der Waals surface area contributed by atoms with Crippen LogP contribution in [-0.4, -0.2) is 17.3 Å². The molecular formula is C11H13ClFNO. The molecule has 0 aromatic heterocycles. The first-order valence-corrected chi connectivity index (χ1v) is 5.44. The normalized spacial score (nSPS) is 25.5. The molecule has 0 spiro atoms. The van der Waals surface area contributed by atoms with Crippen molar-refractivity contribution >= 4 is 17.3 Å². The predicted molar refractivity (Wildman–Crippen MR) is 58.7 cm³/mol. The lowest BCUT2D eigenvalue weighted by Crippen LogP contribution is -2.28. The van der Waals surface area contributed by atoms with Gasteiger partial charge in [-0.15, -0.1) is 0 Å². The highest BCUT2D eigenvalue weighted by Gasteiger charge is 2.25. The highest BCUT2D eigenvalue weighted by Crippen LogP contribution is 2.25. The molecule has 82 valence electrons. The van der Waals surface area contributed by atoms with Crippen LogP contribution in [0.15, 0.2) is 18.2 Å². The third-order valence-corrected chi connectivity index (χ3v) is 2.99. The van der Waals surface area contributed by atoms with E-state index in [1.807, 2.05) is 0 Å². The molecule has 1 aliphatic carbocycles. The molecule has 0 radical (unpaired) electrons. The molecule has 1 saturated carbocycles. The Morgan fingerprint density at radius 2 is 2.20 bits per heavy atom. The Balaban J connectivity index is 2.10. The number of aliphatic hydroxyl groups is 1. The molecule has 1 aromatic rings. The van der Waals surface area contributed by atoms with Crippen LogP contribution < -0.4 is 5.32 Å². The van der Waals surface area contributed by atoms with Gasteiger partial charge in [0, 0.05) is 5.02 Å². The van der Waals surface area contributed by atoms with E-state index < -0.39 is 0 Å². The summed E-state index contributed by atoms with van der Waals surface area (Å²) in [6.45, 7) is 0. The summed E-state index contributed by atoms with van der Waals surface area (Å²) < 4.78 is 13.4. The second-order valence-corrected chi connectivity index (χ2v) is 4.31. The topological polar surface area (TPSA) is 32.3 Å². The van der Waals surface area contributed by atoms with E-state index in [1.54, 1.807) is 12.1 Å².